The van der Waals surface area contributed by atoms with E-state index in [0.717, 1.165) is 22.2 Å². The molecule has 90 valence electrons. The lowest BCUT2D eigenvalue weighted by atomic mass is 9.84. The number of halogens is 1. The van der Waals surface area contributed by atoms with E-state index in [9.17, 15) is 5.11 Å². The summed E-state index contributed by atoms with van der Waals surface area (Å²) in [5, 5.41) is 9.34. The first-order valence-electron chi connectivity index (χ1n) is 5.18. The standard InChI is InChI=1S/C12H18BrNO2/c1-12(7-14,8-15)6-9-5-10(16-2)3-4-11(9)13/h3-5,15H,6-8,14H2,1-2H3. The smallest absolute Gasteiger partial charge is 0.119 e. The number of rotatable bonds is 5. The van der Waals surface area contributed by atoms with Gasteiger partial charge in [-0.1, -0.05) is 22.9 Å². The van der Waals surface area contributed by atoms with E-state index >= 15 is 0 Å². The van der Waals surface area contributed by atoms with Gasteiger partial charge in [-0.15, -0.1) is 0 Å². The highest BCUT2D eigenvalue weighted by molar-refractivity contribution is 9.10. The molecule has 1 atom stereocenters. The summed E-state index contributed by atoms with van der Waals surface area (Å²) in [5.74, 6) is 0.815. The predicted octanol–water partition coefficient (Wildman–Crippen LogP) is 1.96. The quantitative estimate of drug-likeness (QED) is 0.871. The van der Waals surface area contributed by atoms with E-state index in [2.05, 4.69) is 15.9 Å². The Hall–Kier alpha value is -0.580. The number of aliphatic hydroxyl groups is 1. The third-order valence-electron chi connectivity index (χ3n) is 2.74. The van der Waals surface area contributed by atoms with Gasteiger partial charge >= 0.3 is 0 Å². The Morgan fingerprint density at radius 2 is 2.19 bits per heavy atom. The molecule has 4 heteroatoms. The zero-order valence-electron chi connectivity index (χ0n) is 9.66. The zero-order chi connectivity index (χ0) is 12.2. The number of methoxy groups -OCH3 is 1. The molecule has 0 bridgehead atoms. The molecule has 0 saturated carbocycles. The first kappa shape index (κ1) is 13.5. The third-order valence-corrected chi connectivity index (χ3v) is 3.52. The maximum absolute atomic E-state index is 9.34. The monoisotopic (exact) mass is 287 g/mol. The predicted molar refractivity (Wildman–Crippen MR) is 68.6 cm³/mol. The number of hydrogen-bond acceptors (Lipinski definition) is 3. The topological polar surface area (TPSA) is 55.5 Å². The van der Waals surface area contributed by atoms with Gasteiger partial charge in [-0.3, -0.25) is 0 Å². The molecule has 16 heavy (non-hydrogen) atoms. The van der Waals surface area contributed by atoms with Gasteiger partial charge in [0.2, 0.25) is 0 Å². The molecule has 3 N–H and O–H groups in total. The van der Waals surface area contributed by atoms with Gasteiger partial charge in [-0.2, -0.15) is 0 Å². The highest BCUT2D eigenvalue weighted by atomic mass is 79.9. The minimum atomic E-state index is -0.283. The molecule has 0 heterocycles. The van der Waals surface area contributed by atoms with Crippen LogP contribution in [0, 0.1) is 5.41 Å². The van der Waals surface area contributed by atoms with Crippen LogP contribution in [0.15, 0.2) is 22.7 Å². The van der Waals surface area contributed by atoms with Crippen LogP contribution < -0.4 is 10.5 Å². The van der Waals surface area contributed by atoms with Crippen molar-refractivity contribution < 1.29 is 9.84 Å². The summed E-state index contributed by atoms with van der Waals surface area (Å²) in [6.45, 7) is 2.50. The van der Waals surface area contributed by atoms with Crippen molar-refractivity contribution in [1.29, 1.82) is 0 Å². The van der Waals surface area contributed by atoms with Gasteiger partial charge in [-0.05, 0) is 30.2 Å². The van der Waals surface area contributed by atoms with Crippen LogP contribution in [-0.2, 0) is 6.42 Å². The van der Waals surface area contributed by atoms with Crippen LogP contribution in [0.4, 0.5) is 0 Å². The average molecular weight is 288 g/mol. The van der Waals surface area contributed by atoms with Crippen molar-refractivity contribution in [2.75, 3.05) is 20.3 Å². The van der Waals surface area contributed by atoms with Gasteiger partial charge in [-0.25, -0.2) is 0 Å². The Morgan fingerprint density at radius 1 is 1.50 bits per heavy atom. The minimum absolute atomic E-state index is 0.0765. The summed E-state index contributed by atoms with van der Waals surface area (Å²) < 4.78 is 6.19. The Labute approximate surface area is 105 Å². The van der Waals surface area contributed by atoms with Crippen LogP contribution in [0.25, 0.3) is 0 Å². The van der Waals surface area contributed by atoms with E-state index < -0.39 is 0 Å². The second kappa shape index (κ2) is 5.66. The molecule has 0 spiro atoms. The van der Waals surface area contributed by atoms with Crippen molar-refractivity contribution in [3.63, 3.8) is 0 Å². The number of ether oxygens (including phenoxy) is 1. The van der Waals surface area contributed by atoms with Crippen LogP contribution in [0.5, 0.6) is 5.75 Å². The third kappa shape index (κ3) is 3.20. The SMILES string of the molecule is COc1ccc(Br)c(CC(C)(CN)CO)c1. The molecule has 0 aliphatic heterocycles. The molecular formula is C12H18BrNO2. The van der Waals surface area contributed by atoms with Crippen LogP contribution in [-0.4, -0.2) is 25.4 Å². The van der Waals surface area contributed by atoms with Crippen LogP contribution in [0.1, 0.15) is 12.5 Å². The number of nitrogens with two attached hydrogens (primary N) is 1. The van der Waals surface area contributed by atoms with Crippen LogP contribution in [0.2, 0.25) is 0 Å². The highest BCUT2D eigenvalue weighted by Gasteiger charge is 2.23. The lowest BCUT2D eigenvalue weighted by molar-refractivity contribution is 0.149. The normalized spacial score (nSPS) is 14.6. The minimum Gasteiger partial charge on any atom is -0.497 e. The van der Waals surface area contributed by atoms with E-state index in [1.54, 1.807) is 7.11 Å². The fraction of sp³-hybridized carbons (Fsp3) is 0.500. The van der Waals surface area contributed by atoms with Crippen LogP contribution in [0.3, 0.4) is 0 Å². The van der Waals surface area contributed by atoms with Crippen molar-refractivity contribution >= 4 is 15.9 Å². The van der Waals surface area contributed by atoms with Crippen molar-refractivity contribution in [2.24, 2.45) is 11.1 Å². The van der Waals surface area contributed by atoms with Crippen molar-refractivity contribution in [2.45, 2.75) is 13.3 Å². The molecule has 0 radical (unpaired) electrons. The lowest BCUT2D eigenvalue weighted by Crippen LogP contribution is -2.33. The van der Waals surface area contributed by atoms with Gasteiger partial charge in [0, 0.05) is 23.0 Å². The maximum Gasteiger partial charge on any atom is 0.119 e. The Bertz CT molecular complexity index is 351. The summed E-state index contributed by atoms with van der Waals surface area (Å²) in [6, 6.07) is 5.81. The van der Waals surface area contributed by atoms with Gasteiger partial charge in [0.25, 0.3) is 0 Å². The molecule has 1 aromatic carbocycles. The number of benzene rings is 1. The average Bonchev–Trinajstić information content (AvgIpc) is 2.32. The van der Waals surface area contributed by atoms with Crippen molar-refractivity contribution in [1.82, 2.24) is 0 Å². The second-order valence-corrected chi connectivity index (χ2v) is 5.16. The molecule has 0 aromatic heterocycles. The molecule has 3 nitrogen and oxygen atoms in total. The van der Waals surface area contributed by atoms with E-state index in [-0.39, 0.29) is 12.0 Å². The molecule has 1 rings (SSSR count). The molecule has 0 fully saturated rings. The summed E-state index contributed by atoms with van der Waals surface area (Å²) in [5.41, 5.74) is 6.50. The molecule has 0 saturated heterocycles. The maximum atomic E-state index is 9.34. The Kier molecular flexibility index (Phi) is 4.77. The van der Waals surface area contributed by atoms with E-state index in [4.69, 9.17) is 10.5 Å². The Balaban J connectivity index is 2.95. The van der Waals surface area contributed by atoms with E-state index in [0.29, 0.717) is 6.54 Å². The van der Waals surface area contributed by atoms with E-state index in [1.165, 1.54) is 0 Å². The van der Waals surface area contributed by atoms with Gasteiger partial charge in [0.05, 0.1) is 7.11 Å². The highest BCUT2D eigenvalue weighted by Crippen LogP contribution is 2.29. The molecule has 0 aliphatic rings. The first-order valence-corrected chi connectivity index (χ1v) is 5.97. The number of hydrogen-bond donors (Lipinski definition) is 2. The van der Waals surface area contributed by atoms with Gasteiger partial charge in [0.1, 0.15) is 5.75 Å². The van der Waals surface area contributed by atoms with Crippen molar-refractivity contribution in [3.05, 3.63) is 28.2 Å². The molecule has 0 aliphatic carbocycles. The lowest BCUT2D eigenvalue weighted by Gasteiger charge is -2.26. The first-order chi connectivity index (χ1) is 7.54. The molecular weight excluding hydrogens is 270 g/mol. The summed E-state index contributed by atoms with van der Waals surface area (Å²) in [7, 11) is 1.64. The zero-order valence-corrected chi connectivity index (χ0v) is 11.3. The summed E-state index contributed by atoms with van der Waals surface area (Å²) in [4.78, 5) is 0. The van der Waals surface area contributed by atoms with E-state index in [1.807, 2.05) is 25.1 Å². The van der Waals surface area contributed by atoms with Crippen LogP contribution >= 0.6 is 15.9 Å². The number of aliphatic hydroxyl groups excluding tert-OH is 1. The van der Waals surface area contributed by atoms with Gasteiger partial charge < -0.3 is 15.6 Å². The summed E-state index contributed by atoms with van der Waals surface area (Å²) >= 11 is 3.49. The molecule has 1 unspecified atom stereocenters. The molecule has 1 aromatic rings. The summed E-state index contributed by atoms with van der Waals surface area (Å²) in [6.07, 6.45) is 0.720. The van der Waals surface area contributed by atoms with Crippen molar-refractivity contribution in [3.8, 4) is 5.75 Å². The van der Waals surface area contributed by atoms with Gasteiger partial charge in [0.15, 0.2) is 0 Å². The second-order valence-electron chi connectivity index (χ2n) is 4.31. The fourth-order valence-corrected chi connectivity index (χ4v) is 1.85. The largest absolute Gasteiger partial charge is 0.497 e. The fourth-order valence-electron chi connectivity index (χ4n) is 1.47. The molecule has 0 amide bonds. The Morgan fingerprint density at radius 3 is 2.69 bits per heavy atom.